The van der Waals surface area contributed by atoms with Crippen molar-refractivity contribution in [2.24, 2.45) is 0 Å². The number of nitrogens with zero attached hydrogens (tertiary/aromatic N) is 3. The van der Waals surface area contributed by atoms with Gasteiger partial charge in [0, 0.05) is 18.0 Å². The van der Waals surface area contributed by atoms with Crippen LogP contribution < -0.4 is 9.64 Å². The molecule has 0 unspecified atom stereocenters. The molecule has 2 aromatic heterocycles. The van der Waals surface area contributed by atoms with Gasteiger partial charge in [0.1, 0.15) is 17.9 Å². The number of aromatic nitrogens is 2. The number of morpholine rings is 1. The fourth-order valence-corrected chi connectivity index (χ4v) is 3.87. The first kappa shape index (κ1) is 14.4. The minimum atomic E-state index is 0.752. The van der Waals surface area contributed by atoms with Crippen LogP contribution in [0.1, 0.15) is 0 Å². The first-order valence-electron chi connectivity index (χ1n) is 7.57. The normalized spacial score (nSPS) is 15.1. The van der Waals surface area contributed by atoms with Crippen LogP contribution in [0.25, 0.3) is 20.7 Å². The number of anilines is 1. The van der Waals surface area contributed by atoms with Gasteiger partial charge in [-0.25, -0.2) is 9.97 Å². The van der Waals surface area contributed by atoms with Gasteiger partial charge in [-0.15, -0.1) is 11.3 Å². The molecule has 5 nitrogen and oxygen atoms in total. The predicted molar refractivity (Wildman–Crippen MR) is 92.4 cm³/mol. The SMILES string of the molecule is COc1ccc(-c2cc3ncnc(N4CCOCC4)c3s2)cc1. The molecule has 0 atom stereocenters. The molecule has 0 bridgehead atoms. The highest BCUT2D eigenvalue weighted by molar-refractivity contribution is 7.22. The van der Waals surface area contributed by atoms with Gasteiger partial charge in [-0.2, -0.15) is 0 Å². The highest BCUT2D eigenvalue weighted by Gasteiger charge is 2.18. The summed E-state index contributed by atoms with van der Waals surface area (Å²) in [4.78, 5) is 12.4. The molecular formula is C17H17N3O2S. The number of benzene rings is 1. The molecule has 118 valence electrons. The summed E-state index contributed by atoms with van der Waals surface area (Å²) in [6.45, 7) is 3.26. The lowest BCUT2D eigenvalue weighted by Gasteiger charge is -2.27. The summed E-state index contributed by atoms with van der Waals surface area (Å²) in [6.07, 6.45) is 1.65. The smallest absolute Gasteiger partial charge is 0.150 e. The molecule has 1 aromatic carbocycles. The molecule has 1 aliphatic heterocycles. The van der Waals surface area contributed by atoms with Crippen molar-refractivity contribution in [1.29, 1.82) is 0 Å². The third kappa shape index (κ3) is 2.75. The van der Waals surface area contributed by atoms with Crippen molar-refractivity contribution in [3.05, 3.63) is 36.7 Å². The predicted octanol–water partition coefficient (Wildman–Crippen LogP) is 3.20. The second-order valence-electron chi connectivity index (χ2n) is 5.35. The molecule has 0 aliphatic carbocycles. The van der Waals surface area contributed by atoms with Crippen molar-refractivity contribution < 1.29 is 9.47 Å². The van der Waals surface area contributed by atoms with Gasteiger partial charge < -0.3 is 14.4 Å². The van der Waals surface area contributed by atoms with E-state index in [-0.39, 0.29) is 0 Å². The quantitative estimate of drug-likeness (QED) is 0.739. The van der Waals surface area contributed by atoms with Crippen LogP contribution >= 0.6 is 11.3 Å². The van der Waals surface area contributed by atoms with Crippen LogP contribution in [0.3, 0.4) is 0 Å². The minimum absolute atomic E-state index is 0.752. The monoisotopic (exact) mass is 327 g/mol. The summed E-state index contributed by atoms with van der Waals surface area (Å²) >= 11 is 1.74. The Bertz CT molecular complexity index is 810. The average Bonchev–Trinajstić information content (AvgIpc) is 3.06. The molecule has 0 spiro atoms. The van der Waals surface area contributed by atoms with Crippen LogP contribution in [0.2, 0.25) is 0 Å². The Labute approximate surface area is 138 Å². The number of ether oxygens (including phenoxy) is 2. The lowest BCUT2D eigenvalue weighted by Crippen LogP contribution is -2.36. The topological polar surface area (TPSA) is 47.5 Å². The maximum Gasteiger partial charge on any atom is 0.150 e. The molecule has 6 heteroatoms. The largest absolute Gasteiger partial charge is 0.497 e. The van der Waals surface area contributed by atoms with Crippen molar-refractivity contribution in [2.75, 3.05) is 38.3 Å². The van der Waals surface area contributed by atoms with Gasteiger partial charge in [0.05, 0.1) is 30.5 Å². The Balaban J connectivity index is 1.74. The van der Waals surface area contributed by atoms with Crippen LogP contribution in [0.5, 0.6) is 5.75 Å². The van der Waals surface area contributed by atoms with E-state index in [0.29, 0.717) is 0 Å². The van der Waals surface area contributed by atoms with E-state index in [1.165, 1.54) is 10.4 Å². The summed E-state index contributed by atoms with van der Waals surface area (Å²) in [5, 5.41) is 0. The van der Waals surface area contributed by atoms with Crippen LogP contribution in [0.15, 0.2) is 36.7 Å². The Morgan fingerprint density at radius 1 is 1.13 bits per heavy atom. The van der Waals surface area contributed by atoms with E-state index in [2.05, 4.69) is 33.1 Å². The number of fused-ring (bicyclic) bond motifs is 1. The van der Waals surface area contributed by atoms with E-state index < -0.39 is 0 Å². The second kappa shape index (κ2) is 6.14. The number of hydrogen-bond acceptors (Lipinski definition) is 6. The Kier molecular flexibility index (Phi) is 3.85. The van der Waals surface area contributed by atoms with Gasteiger partial charge in [0.2, 0.25) is 0 Å². The third-order valence-electron chi connectivity index (χ3n) is 3.98. The van der Waals surface area contributed by atoms with Crippen LogP contribution in [-0.2, 0) is 4.74 Å². The molecule has 0 N–H and O–H groups in total. The Hall–Kier alpha value is -2.18. The molecule has 0 radical (unpaired) electrons. The molecule has 3 heterocycles. The molecule has 23 heavy (non-hydrogen) atoms. The maximum atomic E-state index is 5.44. The molecule has 0 saturated carbocycles. The molecule has 1 saturated heterocycles. The van der Waals surface area contributed by atoms with Crippen molar-refractivity contribution >= 4 is 27.4 Å². The fraction of sp³-hybridized carbons (Fsp3) is 0.294. The van der Waals surface area contributed by atoms with E-state index in [1.807, 2.05) is 12.1 Å². The van der Waals surface area contributed by atoms with E-state index >= 15 is 0 Å². The first-order valence-corrected chi connectivity index (χ1v) is 8.38. The lowest BCUT2D eigenvalue weighted by atomic mass is 10.2. The zero-order valence-electron chi connectivity index (χ0n) is 12.9. The summed E-state index contributed by atoms with van der Waals surface area (Å²) in [5.41, 5.74) is 2.17. The van der Waals surface area contributed by atoms with Crippen molar-refractivity contribution in [3.8, 4) is 16.2 Å². The number of methoxy groups -OCH3 is 1. The molecule has 0 amide bonds. The minimum Gasteiger partial charge on any atom is -0.497 e. The van der Waals surface area contributed by atoms with E-state index in [0.717, 1.165) is 48.1 Å². The molecular weight excluding hydrogens is 310 g/mol. The lowest BCUT2D eigenvalue weighted by molar-refractivity contribution is 0.122. The van der Waals surface area contributed by atoms with Gasteiger partial charge in [-0.05, 0) is 35.9 Å². The van der Waals surface area contributed by atoms with Gasteiger partial charge in [0.25, 0.3) is 0 Å². The maximum absolute atomic E-state index is 5.44. The Morgan fingerprint density at radius 2 is 1.91 bits per heavy atom. The van der Waals surface area contributed by atoms with Gasteiger partial charge in [0.15, 0.2) is 0 Å². The van der Waals surface area contributed by atoms with Crippen molar-refractivity contribution in [2.45, 2.75) is 0 Å². The van der Waals surface area contributed by atoms with E-state index in [1.54, 1.807) is 24.8 Å². The van der Waals surface area contributed by atoms with E-state index in [9.17, 15) is 0 Å². The van der Waals surface area contributed by atoms with Gasteiger partial charge in [-0.1, -0.05) is 0 Å². The zero-order valence-corrected chi connectivity index (χ0v) is 13.7. The first-order chi connectivity index (χ1) is 11.3. The molecule has 4 rings (SSSR count). The molecule has 1 fully saturated rings. The zero-order chi connectivity index (χ0) is 15.6. The number of thiophene rings is 1. The van der Waals surface area contributed by atoms with Crippen LogP contribution in [0, 0.1) is 0 Å². The van der Waals surface area contributed by atoms with E-state index in [4.69, 9.17) is 9.47 Å². The van der Waals surface area contributed by atoms with Crippen LogP contribution in [0.4, 0.5) is 5.82 Å². The summed E-state index contributed by atoms with van der Waals surface area (Å²) in [6, 6.07) is 10.2. The molecule has 3 aromatic rings. The third-order valence-corrected chi connectivity index (χ3v) is 5.15. The summed E-state index contributed by atoms with van der Waals surface area (Å²) in [7, 11) is 1.68. The van der Waals surface area contributed by atoms with Crippen molar-refractivity contribution in [1.82, 2.24) is 9.97 Å². The molecule has 1 aliphatic rings. The second-order valence-corrected chi connectivity index (χ2v) is 6.40. The van der Waals surface area contributed by atoms with Gasteiger partial charge >= 0.3 is 0 Å². The van der Waals surface area contributed by atoms with Crippen LogP contribution in [-0.4, -0.2) is 43.4 Å². The van der Waals surface area contributed by atoms with Crippen molar-refractivity contribution in [3.63, 3.8) is 0 Å². The number of rotatable bonds is 3. The highest BCUT2D eigenvalue weighted by Crippen LogP contribution is 2.37. The summed E-state index contributed by atoms with van der Waals surface area (Å²) in [5.74, 6) is 1.88. The Morgan fingerprint density at radius 3 is 2.65 bits per heavy atom. The average molecular weight is 327 g/mol. The summed E-state index contributed by atoms with van der Waals surface area (Å²) < 4.78 is 11.8. The fourth-order valence-electron chi connectivity index (χ4n) is 2.74. The van der Waals surface area contributed by atoms with Gasteiger partial charge in [-0.3, -0.25) is 0 Å². The standard InChI is InChI=1S/C17H17N3O2S/c1-21-13-4-2-12(3-5-13)15-10-14-16(23-15)17(19-11-18-14)20-6-8-22-9-7-20/h2-5,10-11H,6-9H2,1H3. The highest BCUT2D eigenvalue weighted by atomic mass is 32.1. The number of hydrogen-bond donors (Lipinski definition) is 0.